The van der Waals surface area contributed by atoms with Crippen LogP contribution >= 0.6 is 11.3 Å². The van der Waals surface area contributed by atoms with Crippen LogP contribution in [0.25, 0.3) is 65.1 Å². The molecule has 0 aliphatic heterocycles. The highest BCUT2D eigenvalue weighted by atomic mass is 32.1. The van der Waals surface area contributed by atoms with Gasteiger partial charge in [-0.25, -0.2) is 9.97 Å². The van der Waals surface area contributed by atoms with Crippen molar-refractivity contribution in [3.8, 4) is 11.4 Å². The predicted octanol–water partition coefficient (Wildman–Crippen LogP) is 13.0. The summed E-state index contributed by atoms with van der Waals surface area (Å²) in [6.45, 7) is 0. The molecule has 0 fully saturated rings. The molecule has 250 valence electrons. The molecule has 2 unspecified atom stereocenters. The highest BCUT2D eigenvalue weighted by molar-refractivity contribution is 7.25. The number of rotatable bonds is 4. The zero-order valence-electron chi connectivity index (χ0n) is 28.8. The second-order valence-corrected chi connectivity index (χ2v) is 15.6. The summed E-state index contributed by atoms with van der Waals surface area (Å²) in [5, 5.41) is 4.66. The molecule has 2 atom stereocenters. The van der Waals surface area contributed by atoms with Gasteiger partial charge in [0.2, 0.25) is 0 Å². The first kappa shape index (κ1) is 30.1. The number of aryl methyl sites for hydroxylation is 2. The van der Waals surface area contributed by atoms with E-state index in [1.807, 2.05) is 11.3 Å². The van der Waals surface area contributed by atoms with Crippen molar-refractivity contribution in [2.24, 2.45) is 0 Å². The van der Waals surface area contributed by atoms with Crippen molar-refractivity contribution < 1.29 is 4.42 Å². The first-order chi connectivity index (χ1) is 25.8. The summed E-state index contributed by atoms with van der Waals surface area (Å²) >= 11 is 1.82. The van der Waals surface area contributed by atoms with Crippen LogP contribution in [0, 0.1) is 0 Å². The molecule has 0 saturated carbocycles. The lowest BCUT2D eigenvalue weighted by Crippen LogP contribution is -2.09. The monoisotopic (exact) mass is 688 g/mol. The Morgan fingerprint density at radius 2 is 1.56 bits per heavy atom. The largest absolute Gasteiger partial charge is 0.460 e. The Morgan fingerprint density at radius 3 is 2.44 bits per heavy atom. The van der Waals surface area contributed by atoms with E-state index in [0.717, 1.165) is 83.2 Å². The number of fused-ring (bicyclic) bond motifs is 9. The highest BCUT2D eigenvalue weighted by Gasteiger charge is 2.30. The van der Waals surface area contributed by atoms with Gasteiger partial charge in [-0.3, -0.25) is 0 Å². The maximum absolute atomic E-state index is 6.87. The Labute approximate surface area is 306 Å². The number of benzene rings is 5. The van der Waals surface area contributed by atoms with Crippen LogP contribution < -0.4 is 0 Å². The number of thiophene rings is 1. The van der Waals surface area contributed by atoms with Gasteiger partial charge in [0.1, 0.15) is 11.3 Å². The smallest absolute Gasteiger partial charge is 0.160 e. The molecular weight excluding hydrogens is 653 g/mol. The first-order valence-electron chi connectivity index (χ1n) is 18.7. The fourth-order valence-corrected chi connectivity index (χ4v) is 10.2. The van der Waals surface area contributed by atoms with E-state index in [4.69, 9.17) is 14.4 Å². The molecule has 5 aromatic carbocycles. The van der Waals surface area contributed by atoms with Gasteiger partial charge in [-0.15, -0.1) is 11.3 Å². The van der Waals surface area contributed by atoms with Crippen molar-refractivity contribution in [2.45, 2.75) is 50.4 Å². The number of hydrogen-bond acceptors (Lipinski definition) is 4. The molecule has 0 amide bonds. The minimum absolute atomic E-state index is 0.213. The summed E-state index contributed by atoms with van der Waals surface area (Å²) < 4.78 is 9.31. The molecule has 52 heavy (non-hydrogen) atoms. The van der Waals surface area contributed by atoms with Crippen LogP contribution in [0.5, 0.6) is 0 Å². The van der Waals surface area contributed by atoms with Gasteiger partial charge in [-0.05, 0) is 77.4 Å². The van der Waals surface area contributed by atoms with Crippen molar-refractivity contribution in [1.82, 2.24) is 9.97 Å². The van der Waals surface area contributed by atoms with Crippen molar-refractivity contribution in [1.29, 1.82) is 0 Å². The summed E-state index contributed by atoms with van der Waals surface area (Å²) in [4.78, 5) is 10.9. The minimum Gasteiger partial charge on any atom is -0.460 e. The number of furan rings is 1. The van der Waals surface area contributed by atoms with Crippen molar-refractivity contribution in [3.63, 3.8) is 0 Å². The molecule has 0 saturated heterocycles. The molecule has 3 nitrogen and oxygen atoms in total. The van der Waals surface area contributed by atoms with Crippen molar-refractivity contribution in [3.05, 3.63) is 167 Å². The molecular formula is C48H36N2OS. The van der Waals surface area contributed by atoms with Gasteiger partial charge in [0, 0.05) is 50.2 Å². The molecule has 0 radical (unpaired) electrons. The van der Waals surface area contributed by atoms with Crippen molar-refractivity contribution >= 4 is 65.0 Å². The van der Waals surface area contributed by atoms with Gasteiger partial charge in [-0.1, -0.05) is 121 Å². The third-order valence-corrected chi connectivity index (χ3v) is 12.8. The van der Waals surface area contributed by atoms with E-state index in [0.29, 0.717) is 0 Å². The predicted molar refractivity (Wildman–Crippen MR) is 217 cm³/mol. The van der Waals surface area contributed by atoms with Crippen LogP contribution in [0.3, 0.4) is 0 Å². The quantitative estimate of drug-likeness (QED) is 0.185. The number of nitrogens with zero attached hydrogens (tertiary/aromatic N) is 2. The maximum Gasteiger partial charge on any atom is 0.160 e. The van der Waals surface area contributed by atoms with Gasteiger partial charge in [0.15, 0.2) is 5.82 Å². The van der Waals surface area contributed by atoms with Gasteiger partial charge in [-0.2, -0.15) is 0 Å². The number of hydrogen-bond donors (Lipinski definition) is 0. The van der Waals surface area contributed by atoms with Gasteiger partial charge >= 0.3 is 0 Å². The molecule has 4 heteroatoms. The van der Waals surface area contributed by atoms with E-state index in [-0.39, 0.29) is 11.8 Å². The van der Waals surface area contributed by atoms with Crippen LogP contribution in [0.2, 0.25) is 0 Å². The summed E-state index contributed by atoms with van der Waals surface area (Å²) in [7, 11) is 0. The number of aromatic nitrogens is 2. The zero-order valence-corrected chi connectivity index (χ0v) is 29.6. The fourth-order valence-electron chi connectivity index (χ4n) is 9.04. The van der Waals surface area contributed by atoms with E-state index in [1.165, 1.54) is 53.6 Å². The average molecular weight is 689 g/mol. The maximum atomic E-state index is 6.87. The van der Waals surface area contributed by atoms with Gasteiger partial charge in [0.25, 0.3) is 0 Å². The Balaban J connectivity index is 1.08. The molecule has 3 aliphatic carbocycles. The van der Waals surface area contributed by atoms with Crippen LogP contribution in [0.15, 0.2) is 132 Å². The fraction of sp³-hybridized carbons (Fsp3) is 0.167. The third kappa shape index (κ3) is 4.78. The summed E-state index contributed by atoms with van der Waals surface area (Å²) in [6, 6.07) is 37.9. The lowest BCUT2D eigenvalue weighted by Gasteiger charge is -2.23. The molecule has 8 aromatic rings. The molecule has 0 N–H and O–H groups in total. The molecule has 3 aliphatic rings. The van der Waals surface area contributed by atoms with Crippen LogP contribution in [0.1, 0.15) is 76.8 Å². The normalized spacial score (nSPS) is 18.3. The third-order valence-electron chi connectivity index (χ3n) is 11.6. The van der Waals surface area contributed by atoms with E-state index in [1.54, 1.807) is 0 Å². The van der Waals surface area contributed by atoms with Crippen LogP contribution in [-0.4, -0.2) is 9.97 Å². The van der Waals surface area contributed by atoms with Gasteiger partial charge < -0.3 is 4.42 Å². The SMILES string of the molecule is C1=CCC(c2nc(-c3cc4c5c(oc4c4ccccc34)CCCC5c3ccc(C4=Cc5ccccc5CC4)cc3)nc3c2sc2ccccc23)C=C1. The minimum atomic E-state index is 0.213. The second kappa shape index (κ2) is 12.0. The van der Waals surface area contributed by atoms with E-state index in [2.05, 4.69) is 134 Å². The summed E-state index contributed by atoms with van der Waals surface area (Å²) in [5.41, 5.74) is 12.5. The number of allylic oxidation sites excluding steroid dienone is 5. The molecule has 3 aromatic heterocycles. The zero-order chi connectivity index (χ0) is 34.2. The lowest BCUT2D eigenvalue weighted by atomic mass is 9.79. The van der Waals surface area contributed by atoms with Crippen molar-refractivity contribution in [2.75, 3.05) is 0 Å². The Kier molecular flexibility index (Phi) is 6.94. The standard InChI is InChI=1S/C48H36N2OS/c1-2-12-32(13-3-1)44-47-45(38-17-8-9-20-42(38)52-47)50-48(49-44)39-28-40-43-35(18-10-19-41(43)51-46(40)37-16-7-6-15-36(37)39)31-24-21-30(22-25-31)34-26-23-29-11-4-5-14-33(29)27-34/h1-9,11-12,14-17,20-22,24-25,27-28,32,35H,10,13,18-19,23,26H2. The van der Waals surface area contributed by atoms with Crippen LogP contribution in [-0.2, 0) is 12.8 Å². The Hall–Kier alpha value is -5.58. The Bertz CT molecular complexity index is 2810. The van der Waals surface area contributed by atoms with E-state index < -0.39 is 0 Å². The first-order valence-corrected chi connectivity index (χ1v) is 19.5. The second-order valence-electron chi connectivity index (χ2n) is 14.6. The molecule has 0 spiro atoms. The summed E-state index contributed by atoms with van der Waals surface area (Å²) in [5.74, 6) is 2.41. The topological polar surface area (TPSA) is 38.9 Å². The lowest BCUT2D eigenvalue weighted by molar-refractivity contribution is 0.489. The van der Waals surface area contributed by atoms with E-state index >= 15 is 0 Å². The molecule has 11 rings (SSSR count). The van der Waals surface area contributed by atoms with Crippen LogP contribution in [0.4, 0.5) is 0 Å². The van der Waals surface area contributed by atoms with Gasteiger partial charge in [0.05, 0.1) is 15.9 Å². The van der Waals surface area contributed by atoms with E-state index in [9.17, 15) is 0 Å². The average Bonchev–Trinajstić information content (AvgIpc) is 3.79. The summed E-state index contributed by atoms with van der Waals surface area (Å²) in [6.07, 6.45) is 17.5. The Morgan fingerprint density at radius 1 is 0.731 bits per heavy atom. The highest BCUT2D eigenvalue weighted by Crippen LogP contribution is 2.47. The molecule has 3 heterocycles. The molecule has 0 bridgehead atoms.